The largest absolute Gasteiger partial charge is 0.483 e. The van der Waals surface area contributed by atoms with Crippen molar-refractivity contribution in [3.05, 3.63) is 41.7 Å². The summed E-state index contributed by atoms with van der Waals surface area (Å²) in [5, 5.41) is 10.6. The van der Waals surface area contributed by atoms with Crippen molar-refractivity contribution < 1.29 is 9.13 Å². The fraction of sp³-hybridized carbons (Fsp3) is 0.333. The molecule has 96 valence electrons. The van der Waals surface area contributed by atoms with Crippen LogP contribution in [-0.2, 0) is 20.2 Å². The number of hydrogen-bond acceptors (Lipinski definition) is 4. The molecule has 0 unspecified atom stereocenters. The molecule has 0 aliphatic heterocycles. The number of nitrogens with zero attached hydrogens (tertiary/aromatic N) is 3. The molecule has 2 rings (SSSR count). The lowest BCUT2D eigenvalue weighted by Gasteiger charge is -2.08. The van der Waals surface area contributed by atoms with Crippen molar-refractivity contribution in [3.8, 4) is 5.75 Å². The lowest BCUT2D eigenvalue weighted by atomic mass is 10.2. The van der Waals surface area contributed by atoms with Crippen molar-refractivity contribution in [2.45, 2.75) is 13.2 Å². The summed E-state index contributed by atoms with van der Waals surface area (Å²) in [4.78, 5) is 0. The van der Waals surface area contributed by atoms with E-state index in [1.807, 2.05) is 20.2 Å². The summed E-state index contributed by atoms with van der Waals surface area (Å²) in [5.74, 6) is 0.497. The highest BCUT2D eigenvalue weighted by Crippen LogP contribution is 2.19. The van der Waals surface area contributed by atoms with Crippen LogP contribution in [0.25, 0.3) is 0 Å². The maximum absolute atomic E-state index is 13.7. The average Bonchev–Trinajstić information content (AvgIpc) is 2.74. The number of halogens is 1. The zero-order chi connectivity index (χ0) is 13.0. The topological polar surface area (TPSA) is 52.0 Å². The van der Waals surface area contributed by atoms with Gasteiger partial charge in [0.1, 0.15) is 12.9 Å². The van der Waals surface area contributed by atoms with Crippen molar-refractivity contribution in [1.82, 2.24) is 20.1 Å². The van der Waals surface area contributed by atoms with Crippen molar-refractivity contribution in [3.63, 3.8) is 0 Å². The predicted octanol–water partition coefficient (Wildman–Crippen LogP) is 1.25. The van der Waals surface area contributed by atoms with Crippen LogP contribution in [0, 0.1) is 5.82 Å². The molecule has 2 aromatic rings. The Morgan fingerprint density at radius 2 is 2.28 bits per heavy atom. The van der Waals surface area contributed by atoms with Crippen LogP contribution in [0.5, 0.6) is 5.75 Å². The molecule has 6 heteroatoms. The fourth-order valence-corrected chi connectivity index (χ4v) is 1.56. The van der Waals surface area contributed by atoms with Crippen LogP contribution < -0.4 is 10.1 Å². The normalized spacial score (nSPS) is 10.6. The molecule has 0 spiro atoms. The molecule has 0 radical (unpaired) electrons. The van der Waals surface area contributed by atoms with Crippen LogP contribution in [0.3, 0.4) is 0 Å². The van der Waals surface area contributed by atoms with Gasteiger partial charge in [-0.1, -0.05) is 6.07 Å². The molecule has 0 saturated carbocycles. The second-order valence-electron chi connectivity index (χ2n) is 3.94. The second kappa shape index (κ2) is 5.59. The third-order valence-corrected chi connectivity index (χ3v) is 2.54. The van der Waals surface area contributed by atoms with Crippen LogP contribution in [0.4, 0.5) is 4.39 Å². The maximum Gasteiger partial charge on any atom is 0.170 e. The van der Waals surface area contributed by atoms with Crippen LogP contribution in [-0.4, -0.2) is 21.8 Å². The number of rotatable bonds is 5. The monoisotopic (exact) mass is 250 g/mol. The minimum atomic E-state index is -0.370. The van der Waals surface area contributed by atoms with E-state index < -0.39 is 0 Å². The molecule has 0 fully saturated rings. The molecule has 0 aliphatic carbocycles. The van der Waals surface area contributed by atoms with E-state index in [0.29, 0.717) is 12.4 Å². The van der Waals surface area contributed by atoms with Gasteiger partial charge in [-0.25, -0.2) is 4.39 Å². The molecule has 1 N–H and O–H groups in total. The highest BCUT2D eigenvalue weighted by atomic mass is 19.1. The first-order valence-electron chi connectivity index (χ1n) is 5.59. The summed E-state index contributed by atoms with van der Waals surface area (Å²) < 4.78 is 20.8. The minimum Gasteiger partial charge on any atom is -0.483 e. The summed E-state index contributed by atoms with van der Waals surface area (Å²) in [7, 11) is 3.63. The molecule has 1 heterocycles. The summed E-state index contributed by atoms with van der Waals surface area (Å²) in [6.45, 7) is 0.819. The Hall–Kier alpha value is -1.95. The van der Waals surface area contributed by atoms with Gasteiger partial charge in [-0.05, 0) is 24.7 Å². The van der Waals surface area contributed by atoms with E-state index in [2.05, 4.69) is 15.5 Å². The van der Waals surface area contributed by atoms with Gasteiger partial charge in [0, 0.05) is 13.6 Å². The molecule has 0 saturated heterocycles. The quantitative estimate of drug-likeness (QED) is 0.867. The number of aromatic nitrogens is 3. The number of ether oxygens (including phenoxy) is 1. The van der Waals surface area contributed by atoms with Gasteiger partial charge in [0.25, 0.3) is 0 Å². The molecule has 0 bridgehead atoms. The van der Waals surface area contributed by atoms with Gasteiger partial charge < -0.3 is 14.6 Å². The molecule has 0 aliphatic rings. The van der Waals surface area contributed by atoms with Crippen molar-refractivity contribution >= 4 is 0 Å². The van der Waals surface area contributed by atoms with Crippen LogP contribution >= 0.6 is 0 Å². The van der Waals surface area contributed by atoms with E-state index in [-0.39, 0.29) is 18.2 Å². The van der Waals surface area contributed by atoms with Crippen molar-refractivity contribution in [1.29, 1.82) is 0 Å². The Labute approximate surface area is 105 Å². The average molecular weight is 250 g/mol. The molecule has 18 heavy (non-hydrogen) atoms. The van der Waals surface area contributed by atoms with Gasteiger partial charge in [0.15, 0.2) is 17.4 Å². The summed E-state index contributed by atoms with van der Waals surface area (Å²) in [6, 6.07) is 4.91. The SMILES string of the molecule is CNCc1ccc(OCc2nncn2C)c(F)c1. The third-order valence-electron chi connectivity index (χ3n) is 2.54. The van der Waals surface area contributed by atoms with Crippen LogP contribution in [0.2, 0.25) is 0 Å². The first-order valence-corrected chi connectivity index (χ1v) is 5.59. The number of nitrogens with one attached hydrogen (secondary N) is 1. The Kier molecular flexibility index (Phi) is 3.88. The molecular formula is C12H15FN4O. The van der Waals surface area contributed by atoms with Gasteiger partial charge in [0.05, 0.1) is 0 Å². The fourth-order valence-electron chi connectivity index (χ4n) is 1.56. The van der Waals surface area contributed by atoms with E-state index in [4.69, 9.17) is 4.74 Å². The Morgan fingerprint density at radius 1 is 1.44 bits per heavy atom. The molecule has 1 aromatic carbocycles. The Bertz CT molecular complexity index is 527. The molecular weight excluding hydrogens is 235 g/mol. The van der Waals surface area contributed by atoms with E-state index in [9.17, 15) is 4.39 Å². The van der Waals surface area contributed by atoms with Crippen LogP contribution in [0.1, 0.15) is 11.4 Å². The number of benzene rings is 1. The summed E-state index contributed by atoms with van der Waals surface area (Å²) in [6.07, 6.45) is 1.57. The van der Waals surface area contributed by atoms with Gasteiger partial charge >= 0.3 is 0 Å². The van der Waals surface area contributed by atoms with Gasteiger partial charge in [-0.15, -0.1) is 10.2 Å². The van der Waals surface area contributed by atoms with E-state index in [1.165, 1.54) is 6.07 Å². The first kappa shape index (κ1) is 12.5. The number of aryl methyl sites for hydroxylation is 1. The van der Waals surface area contributed by atoms with Crippen molar-refractivity contribution in [2.24, 2.45) is 7.05 Å². The second-order valence-corrected chi connectivity index (χ2v) is 3.94. The van der Waals surface area contributed by atoms with Crippen LogP contribution in [0.15, 0.2) is 24.5 Å². The van der Waals surface area contributed by atoms with Crippen molar-refractivity contribution in [2.75, 3.05) is 7.05 Å². The maximum atomic E-state index is 13.7. The van der Waals surface area contributed by atoms with E-state index in [1.54, 1.807) is 17.0 Å². The van der Waals surface area contributed by atoms with E-state index in [0.717, 1.165) is 5.56 Å². The van der Waals surface area contributed by atoms with Gasteiger partial charge in [0.2, 0.25) is 0 Å². The highest BCUT2D eigenvalue weighted by molar-refractivity contribution is 5.29. The summed E-state index contributed by atoms with van der Waals surface area (Å²) in [5.41, 5.74) is 0.876. The first-order chi connectivity index (χ1) is 8.70. The lowest BCUT2D eigenvalue weighted by Crippen LogP contribution is -2.07. The van der Waals surface area contributed by atoms with Gasteiger partial charge in [-0.3, -0.25) is 0 Å². The standard InChI is InChI=1S/C12H15FN4O/c1-14-6-9-3-4-11(10(13)5-9)18-7-12-16-15-8-17(12)2/h3-5,8,14H,6-7H2,1-2H3. The minimum absolute atomic E-state index is 0.193. The Balaban J connectivity index is 2.03. The Morgan fingerprint density at radius 3 is 2.89 bits per heavy atom. The third kappa shape index (κ3) is 2.84. The summed E-state index contributed by atoms with van der Waals surface area (Å²) >= 11 is 0. The molecule has 0 atom stereocenters. The smallest absolute Gasteiger partial charge is 0.170 e. The highest BCUT2D eigenvalue weighted by Gasteiger charge is 2.07. The van der Waals surface area contributed by atoms with Gasteiger partial charge in [-0.2, -0.15) is 0 Å². The lowest BCUT2D eigenvalue weighted by molar-refractivity contribution is 0.277. The number of hydrogen-bond donors (Lipinski definition) is 1. The molecule has 0 amide bonds. The molecule has 5 nitrogen and oxygen atoms in total. The predicted molar refractivity (Wildman–Crippen MR) is 64.5 cm³/mol. The zero-order valence-corrected chi connectivity index (χ0v) is 10.4. The molecule has 1 aromatic heterocycles. The van der Waals surface area contributed by atoms with E-state index >= 15 is 0 Å². The zero-order valence-electron chi connectivity index (χ0n) is 10.4.